The summed E-state index contributed by atoms with van der Waals surface area (Å²) in [5.74, 6) is 0.385. The molecule has 0 aromatic heterocycles. The maximum atomic E-state index is 12.4. The molecule has 0 fully saturated rings. The third-order valence-electron chi connectivity index (χ3n) is 4.32. The quantitative estimate of drug-likeness (QED) is 0.492. The van der Waals surface area contributed by atoms with Crippen LogP contribution in [0, 0.1) is 0 Å². The van der Waals surface area contributed by atoms with Crippen LogP contribution in [-0.2, 0) is 4.74 Å². The van der Waals surface area contributed by atoms with Crippen LogP contribution >= 0.6 is 0 Å². The average Bonchev–Trinajstić information content (AvgIpc) is 2.65. The lowest BCUT2D eigenvalue weighted by Crippen LogP contribution is -3.11. The number of ether oxygens (including phenoxy) is 2. The fourth-order valence-corrected chi connectivity index (χ4v) is 2.69. The van der Waals surface area contributed by atoms with Crippen molar-refractivity contribution in [2.45, 2.75) is 46.6 Å². The van der Waals surface area contributed by atoms with E-state index in [0.717, 1.165) is 32.5 Å². The molecule has 0 saturated heterocycles. The summed E-state index contributed by atoms with van der Waals surface area (Å²) in [6.07, 6.45) is 2.07. The van der Waals surface area contributed by atoms with Crippen LogP contribution in [-0.4, -0.2) is 51.3 Å². The Bertz CT molecular complexity index is 571. The van der Waals surface area contributed by atoms with Gasteiger partial charge in [0.2, 0.25) is 0 Å². The van der Waals surface area contributed by atoms with E-state index >= 15 is 0 Å². The summed E-state index contributed by atoms with van der Waals surface area (Å²) >= 11 is 0. The zero-order chi connectivity index (χ0) is 19.4. The smallest absolute Gasteiger partial charge is 0.291 e. The van der Waals surface area contributed by atoms with Crippen molar-refractivity contribution in [3.05, 3.63) is 29.8 Å². The third kappa shape index (κ3) is 7.87. The highest BCUT2D eigenvalue weighted by atomic mass is 16.5. The van der Waals surface area contributed by atoms with Gasteiger partial charge in [-0.3, -0.25) is 10.1 Å². The first-order chi connectivity index (χ1) is 12.5. The first-order valence-electron chi connectivity index (χ1n) is 9.53. The van der Waals surface area contributed by atoms with Crippen LogP contribution in [0.3, 0.4) is 0 Å². The molecule has 6 nitrogen and oxygen atoms in total. The molecule has 0 aliphatic rings. The van der Waals surface area contributed by atoms with E-state index in [9.17, 15) is 4.79 Å². The number of nitrogens with one attached hydrogen (secondary N) is 2. The molecule has 146 valence electrons. The molecule has 0 aliphatic carbocycles. The number of amides is 1. The minimum Gasteiger partial charge on any atom is -0.497 e. The Kier molecular flexibility index (Phi) is 10.4. The van der Waals surface area contributed by atoms with Crippen LogP contribution in [0.5, 0.6) is 5.75 Å². The lowest BCUT2D eigenvalue weighted by Gasteiger charge is -2.16. The molecule has 0 aliphatic heterocycles. The normalized spacial score (nSPS) is 12.8. The van der Waals surface area contributed by atoms with Crippen molar-refractivity contribution in [2.24, 2.45) is 4.99 Å². The van der Waals surface area contributed by atoms with Gasteiger partial charge in [0.25, 0.3) is 11.9 Å². The van der Waals surface area contributed by atoms with Gasteiger partial charge < -0.3 is 14.4 Å². The maximum absolute atomic E-state index is 12.4. The molecule has 0 spiro atoms. The van der Waals surface area contributed by atoms with Crippen LogP contribution in [0.2, 0.25) is 0 Å². The number of quaternary nitrogens is 1. The van der Waals surface area contributed by atoms with Gasteiger partial charge >= 0.3 is 0 Å². The second-order valence-corrected chi connectivity index (χ2v) is 6.25. The summed E-state index contributed by atoms with van der Waals surface area (Å²) in [7, 11) is 1.58. The Balaban J connectivity index is 2.65. The Labute approximate surface area is 157 Å². The molecule has 1 amide bonds. The third-order valence-corrected chi connectivity index (χ3v) is 4.32. The number of amidine groups is 1. The van der Waals surface area contributed by atoms with Crippen LogP contribution in [0.4, 0.5) is 0 Å². The lowest BCUT2D eigenvalue weighted by atomic mass is 10.2. The van der Waals surface area contributed by atoms with Crippen molar-refractivity contribution < 1.29 is 19.2 Å². The number of hydrogen-bond donors (Lipinski definition) is 2. The number of nitrogens with zero attached hydrogens (tertiary/aromatic N) is 1. The van der Waals surface area contributed by atoms with Gasteiger partial charge in [-0.15, -0.1) is 0 Å². The molecule has 0 unspecified atom stereocenters. The van der Waals surface area contributed by atoms with Gasteiger partial charge in [-0.2, -0.15) is 0 Å². The first kappa shape index (κ1) is 22.0. The number of methoxy groups -OCH3 is 1. The highest BCUT2D eigenvalue weighted by molar-refractivity contribution is 6.04. The Morgan fingerprint density at radius 1 is 1.27 bits per heavy atom. The Hall–Kier alpha value is -2.08. The van der Waals surface area contributed by atoms with Gasteiger partial charge in [0.05, 0.1) is 39.4 Å². The van der Waals surface area contributed by atoms with Crippen LogP contribution < -0.4 is 15.0 Å². The second-order valence-electron chi connectivity index (χ2n) is 6.25. The molecular weight excluding hydrogens is 330 g/mol. The minimum atomic E-state index is -0.254. The molecule has 0 bridgehead atoms. The van der Waals surface area contributed by atoms with E-state index in [4.69, 9.17) is 9.47 Å². The predicted molar refractivity (Wildman–Crippen MR) is 105 cm³/mol. The van der Waals surface area contributed by atoms with Crippen molar-refractivity contribution in [1.82, 2.24) is 5.32 Å². The van der Waals surface area contributed by atoms with Crippen LogP contribution in [0.25, 0.3) is 0 Å². The Morgan fingerprint density at radius 2 is 2.00 bits per heavy atom. The monoisotopic (exact) mass is 364 g/mol. The van der Waals surface area contributed by atoms with Crippen molar-refractivity contribution >= 4 is 11.9 Å². The van der Waals surface area contributed by atoms with Crippen LogP contribution in [0.15, 0.2) is 29.3 Å². The number of carbonyl (C=O) groups excluding carboxylic acids is 1. The van der Waals surface area contributed by atoms with Gasteiger partial charge in [-0.25, -0.2) is 4.99 Å². The highest BCUT2D eigenvalue weighted by Crippen LogP contribution is 2.12. The summed E-state index contributed by atoms with van der Waals surface area (Å²) < 4.78 is 10.7. The fourth-order valence-electron chi connectivity index (χ4n) is 2.69. The topological polar surface area (TPSA) is 64.4 Å². The second kappa shape index (κ2) is 12.3. The van der Waals surface area contributed by atoms with Crippen molar-refractivity contribution in [3.8, 4) is 5.75 Å². The number of carbonyl (C=O) groups is 1. The van der Waals surface area contributed by atoms with E-state index in [1.54, 1.807) is 36.3 Å². The largest absolute Gasteiger partial charge is 0.497 e. The molecule has 0 saturated carbocycles. The van der Waals surface area contributed by atoms with Gasteiger partial charge in [0, 0.05) is 5.56 Å². The van der Waals surface area contributed by atoms with Crippen molar-refractivity contribution in [1.29, 1.82) is 0 Å². The van der Waals surface area contributed by atoms with Gasteiger partial charge in [-0.05, 0) is 58.7 Å². The molecule has 1 aromatic carbocycles. The standard InChI is InChI=1S/C20H33N3O3/c1-6-23(7-2)14-10-11-16(4)21-20(26-8-3)22-19(24)17-12-9-13-18(15-17)25-5/h9,12-13,15-16H,6-8,10-11,14H2,1-5H3,(H,21,22,24)/p+1/t16-/m1/s1. The van der Waals surface area contributed by atoms with E-state index in [1.807, 2.05) is 13.8 Å². The summed E-state index contributed by atoms with van der Waals surface area (Å²) in [4.78, 5) is 18.6. The number of benzene rings is 1. The highest BCUT2D eigenvalue weighted by Gasteiger charge is 2.12. The van der Waals surface area contributed by atoms with E-state index < -0.39 is 0 Å². The summed E-state index contributed by atoms with van der Waals surface area (Å²) in [6.45, 7) is 12.2. The number of rotatable bonds is 10. The fraction of sp³-hybridized carbons (Fsp3) is 0.600. The molecule has 1 aromatic rings. The van der Waals surface area contributed by atoms with E-state index in [1.165, 1.54) is 0 Å². The molecule has 1 rings (SSSR count). The SMILES string of the molecule is CCOC(=N[C@H](C)CCC[NH+](CC)CC)NC(=O)c1cccc(OC)c1. The maximum Gasteiger partial charge on any atom is 0.291 e. The van der Waals surface area contributed by atoms with Gasteiger partial charge in [-0.1, -0.05) is 6.07 Å². The summed E-state index contributed by atoms with van der Waals surface area (Å²) in [5.41, 5.74) is 0.509. The summed E-state index contributed by atoms with van der Waals surface area (Å²) in [6, 6.07) is 7.38. The summed E-state index contributed by atoms with van der Waals surface area (Å²) in [5, 5.41) is 2.77. The molecule has 6 heteroatoms. The molecule has 2 N–H and O–H groups in total. The first-order valence-corrected chi connectivity index (χ1v) is 9.53. The molecule has 1 atom stereocenters. The average molecular weight is 365 g/mol. The van der Waals surface area contributed by atoms with Crippen LogP contribution in [0.1, 0.15) is 50.9 Å². The van der Waals surface area contributed by atoms with E-state index in [2.05, 4.69) is 24.2 Å². The van der Waals surface area contributed by atoms with Gasteiger partial charge in [0.1, 0.15) is 5.75 Å². The molecule has 0 heterocycles. The Morgan fingerprint density at radius 3 is 2.62 bits per heavy atom. The minimum absolute atomic E-state index is 0.0946. The molecular formula is C20H34N3O3+. The zero-order valence-corrected chi connectivity index (χ0v) is 16.8. The van der Waals surface area contributed by atoms with Crippen molar-refractivity contribution in [3.63, 3.8) is 0 Å². The molecule has 0 radical (unpaired) electrons. The lowest BCUT2D eigenvalue weighted by molar-refractivity contribution is -0.896. The number of hydrogen-bond acceptors (Lipinski definition) is 4. The van der Waals surface area contributed by atoms with E-state index in [0.29, 0.717) is 17.9 Å². The molecule has 26 heavy (non-hydrogen) atoms. The van der Waals surface area contributed by atoms with E-state index in [-0.39, 0.29) is 18.0 Å². The zero-order valence-electron chi connectivity index (χ0n) is 16.8. The predicted octanol–water partition coefficient (Wildman–Crippen LogP) is 1.91. The van der Waals surface area contributed by atoms with Crippen molar-refractivity contribution in [2.75, 3.05) is 33.4 Å². The number of aliphatic imine (C=N–C) groups is 1. The van der Waals surface area contributed by atoms with Gasteiger partial charge in [0.15, 0.2) is 0 Å².